The van der Waals surface area contributed by atoms with Crippen LogP contribution in [0.5, 0.6) is 0 Å². The van der Waals surface area contributed by atoms with Gasteiger partial charge in [0.1, 0.15) is 5.82 Å². The SMILES string of the molecule is CCC(C)CC(N)Cc1ccccc1F. The second kappa shape index (κ2) is 5.86. The molecular weight excluding hydrogens is 189 g/mol. The Labute approximate surface area is 91.5 Å². The molecular formula is C13H20FN. The number of nitrogens with two attached hydrogens (primary N) is 1. The Balaban J connectivity index is 2.51. The summed E-state index contributed by atoms with van der Waals surface area (Å²) in [7, 11) is 0. The molecule has 0 fully saturated rings. The van der Waals surface area contributed by atoms with Gasteiger partial charge in [-0.25, -0.2) is 4.39 Å². The molecule has 2 heteroatoms. The van der Waals surface area contributed by atoms with E-state index < -0.39 is 0 Å². The van der Waals surface area contributed by atoms with Gasteiger partial charge in [-0.15, -0.1) is 0 Å². The Morgan fingerprint density at radius 2 is 2.00 bits per heavy atom. The molecule has 0 aromatic heterocycles. The zero-order chi connectivity index (χ0) is 11.3. The first-order valence-electron chi connectivity index (χ1n) is 5.62. The van der Waals surface area contributed by atoms with E-state index in [9.17, 15) is 4.39 Å². The maximum absolute atomic E-state index is 13.3. The largest absolute Gasteiger partial charge is 0.327 e. The fraction of sp³-hybridized carbons (Fsp3) is 0.538. The summed E-state index contributed by atoms with van der Waals surface area (Å²) < 4.78 is 13.3. The molecule has 0 heterocycles. The molecule has 1 aromatic rings. The average Bonchev–Trinajstić information content (AvgIpc) is 2.21. The minimum atomic E-state index is -0.142. The zero-order valence-corrected chi connectivity index (χ0v) is 9.54. The molecule has 2 N–H and O–H groups in total. The highest BCUT2D eigenvalue weighted by molar-refractivity contribution is 5.18. The third-order valence-corrected chi connectivity index (χ3v) is 2.84. The maximum atomic E-state index is 13.3. The Hall–Kier alpha value is -0.890. The highest BCUT2D eigenvalue weighted by Crippen LogP contribution is 2.14. The van der Waals surface area contributed by atoms with E-state index in [4.69, 9.17) is 5.73 Å². The molecule has 2 unspecified atom stereocenters. The lowest BCUT2D eigenvalue weighted by atomic mass is 9.95. The van der Waals surface area contributed by atoms with Gasteiger partial charge in [-0.1, -0.05) is 38.5 Å². The van der Waals surface area contributed by atoms with E-state index in [-0.39, 0.29) is 11.9 Å². The van der Waals surface area contributed by atoms with Gasteiger partial charge in [0.25, 0.3) is 0 Å². The molecule has 0 saturated carbocycles. The molecule has 84 valence electrons. The van der Waals surface area contributed by atoms with Crippen molar-refractivity contribution in [1.82, 2.24) is 0 Å². The van der Waals surface area contributed by atoms with Crippen molar-refractivity contribution in [2.45, 2.75) is 39.2 Å². The van der Waals surface area contributed by atoms with Crippen LogP contribution < -0.4 is 5.73 Å². The minimum absolute atomic E-state index is 0.0665. The van der Waals surface area contributed by atoms with Gasteiger partial charge in [0.05, 0.1) is 0 Å². The molecule has 2 atom stereocenters. The molecule has 0 saturated heterocycles. The van der Waals surface area contributed by atoms with Gasteiger partial charge < -0.3 is 5.73 Å². The number of rotatable bonds is 5. The first-order valence-corrected chi connectivity index (χ1v) is 5.62. The van der Waals surface area contributed by atoms with Gasteiger partial charge in [0, 0.05) is 6.04 Å². The topological polar surface area (TPSA) is 26.0 Å². The molecule has 1 rings (SSSR count). The van der Waals surface area contributed by atoms with E-state index in [0.717, 1.165) is 18.4 Å². The summed E-state index contributed by atoms with van der Waals surface area (Å²) in [5, 5.41) is 0. The van der Waals surface area contributed by atoms with Crippen molar-refractivity contribution in [3.63, 3.8) is 0 Å². The summed E-state index contributed by atoms with van der Waals surface area (Å²) >= 11 is 0. The zero-order valence-electron chi connectivity index (χ0n) is 9.54. The van der Waals surface area contributed by atoms with Crippen LogP contribution in [-0.2, 0) is 6.42 Å². The Kier molecular flexibility index (Phi) is 4.76. The monoisotopic (exact) mass is 209 g/mol. The Bertz CT molecular complexity index is 298. The number of hydrogen-bond donors (Lipinski definition) is 1. The number of halogens is 1. The molecule has 0 spiro atoms. The van der Waals surface area contributed by atoms with E-state index in [0.29, 0.717) is 12.3 Å². The second-order valence-corrected chi connectivity index (χ2v) is 4.30. The third-order valence-electron chi connectivity index (χ3n) is 2.84. The van der Waals surface area contributed by atoms with Crippen molar-refractivity contribution >= 4 is 0 Å². The van der Waals surface area contributed by atoms with Crippen molar-refractivity contribution in [2.75, 3.05) is 0 Å². The van der Waals surface area contributed by atoms with Crippen LogP contribution in [-0.4, -0.2) is 6.04 Å². The normalized spacial score (nSPS) is 14.9. The molecule has 0 bridgehead atoms. The number of benzene rings is 1. The van der Waals surface area contributed by atoms with Gasteiger partial charge in [-0.05, 0) is 30.4 Å². The van der Waals surface area contributed by atoms with Crippen LogP contribution in [0.1, 0.15) is 32.3 Å². The lowest BCUT2D eigenvalue weighted by Crippen LogP contribution is -2.25. The third kappa shape index (κ3) is 4.00. The first kappa shape index (κ1) is 12.2. The average molecular weight is 209 g/mol. The van der Waals surface area contributed by atoms with Gasteiger partial charge in [0.2, 0.25) is 0 Å². The summed E-state index contributed by atoms with van der Waals surface area (Å²) in [5.41, 5.74) is 6.71. The number of hydrogen-bond acceptors (Lipinski definition) is 1. The molecule has 0 amide bonds. The fourth-order valence-electron chi connectivity index (χ4n) is 1.71. The maximum Gasteiger partial charge on any atom is 0.126 e. The molecule has 0 aliphatic rings. The summed E-state index contributed by atoms with van der Waals surface area (Å²) in [6.45, 7) is 4.34. The van der Waals surface area contributed by atoms with E-state index in [2.05, 4.69) is 13.8 Å². The predicted molar refractivity (Wildman–Crippen MR) is 62.2 cm³/mol. The smallest absolute Gasteiger partial charge is 0.126 e. The summed E-state index contributed by atoms with van der Waals surface area (Å²) in [5.74, 6) is 0.476. The summed E-state index contributed by atoms with van der Waals surface area (Å²) in [6, 6.07) is 6.93. The van der Waals surface area contributed by atoms with Crippen molar-refractivity contribution < 1.29 is 4.39 Å². The van der Waals surface area contributed by atoms with Gasteiger partial charge in [-0.2, -0.15) is 0 Å². The summed E-state index contributed by atoms with van der Waals surface area (Å²) in [6.07, 6.45) is 2.73. The standard InChI is InChI=1S/C13H20FN/c1-3-10(2)8-12(15)9-11-6-4-5-7-13(11)14/h4-7,10,12H,3,8-9,15H2,1-2H3. The van der Waals surface area contributed by atoms with Crippen LogP contribution >= 0.6 is 0 Å². The van der Waals surface area contributed by atoms with Crippen LogP contribution in [0.15, 0.2) is 24.3 Å². The molecule has 15 heavy (non-hydrogen) atoms. The molecule has 1 nitrogen and oxygen atoms in total. The van der Waals surface area contributed by atoms with Crippen LogP contribution in [0.25, 0.3) is 0 Å². The second-order valence-electron chi connectivity index (χ2n) is 4.30. The van der Waals surface area contributed by atoms with Crippen molar-refractivity contribution in [1.29, 1.82) is 0 Å². The van der Waals surface area contributed by atoms with E-state index in [1.165, 1.54) is 6.07 Å². The van der Waals surface area contributed by atoms with E-state index in [1.54, 1.807) is 6.07 Å². The molecule has 0 aliphatic carbocycles. The van der Waals surface area contributed by atoms with Gasteiger partial charge in [0.15, 0.2) is 0 Å². The lowest BCUT2D eigenvalue weighted by molar-refractivity contribution is 0.446. The van der Waals surface area contributed by atoms with Crippen molar-refractivity contribution in [3.8, 4) is 0 Å². The van der Waals surface area contributed by atoms with Crippen LogP contribution in [0.2, 0.25) is 0 Å². The molecule has 0 radical (unpaired) electrons. The Morgan fingerprint density at radius 3 is 2.60 bits per heavy atom. The molecule has 0 aliphatic heterocycles. The van der Waals surface area contributed by atoms with Crippen LogP contribution in [0.4, 0.5) is 4.39 Å². The van der Waals surface area contributed by atoms with Crippen LogP contribution in [0, 0.1) is 11.7 Å². The quantitative estimate of drug-likeness (QED) is 0.792. The predicted octanol–water partition coefficient (Wildman–Crippen LogP) is 3.13. The lowest BCUT2D eigenvalue weighted by Gasteiger charge is -2.16. The van der Waals surface area contributed by atoms with Gasteiger partial charge >= 0.3 is 0 Å². The van der Waals surface area contributed by atoms with Crippen LogP contribution in [0.3, 0.4) is 0 Å². The minimum Gasteiger partial charge on any atom is -0.327 e. The first-order chi connectivity index (χ1) is 7.13. The highest BCUT2D eigenvalue weighted by atomic mass is 19.1. The van der Waals surface area contributed by atoms with Gasteiger partial charge in [-0.3, -0.25) is 0 Å². The highest BCUT2D eigenvalue weighted by Gasteiger charge is 2.10. The fourth-order valence-corrected chi connectivity index (χ4v) is 1.71. The van der Waals surface area contributed by atoms with E-state index in [1.807, 2.05) is 12.1 Å². The Morgan fingerprint density at radius 1 is 1.33 bits per heavy atom. The van der Waals surface area contributed by atoms with E-state index >= 15 is 0 Å². The van der Waals surface area contributed by atoms with Crippen molar-refractivity contribution in [3.05, 3.63) is 35.6 Å². The molecule has 1 aromatic carbocycles. The van der Waals surface area contributed by atoms with Crippen molar-refractivity contribution in [2.24, 2.45) is 11.7 Å². The summed E-state index contributed by atoms with van der Waals surface area (Å²) in [4.78, 5) is 0.